The van der Waals surface area contributed by atoms with Gasteiger partial charge in [0, 0.05) is 6.54 Å². The van der Waals surface area contributed by atoms with Crippen LogP contribution in [0.4, 0.5) is 0 Å². The first-order valence-corrected chi connectivity index (χ1v) is 6.97. The summed E-state index contributed by atoms with van der Waals surface area (Å²) in [6, 6.07) is 0. The van der Waals surface area contributed by atoms with Crippen LogP contribution in [0, 0.1) is 5.92 Å². The Labute approximate surface area is 112 Å². The van der Waals surface area contributed by atoms with Crippen molar-refractivity contribution in [2.24, 2.45) is 5.92 Å². The maximum atomic E-state index is 11.6. The van der Waals surface area contributed by atoms with Crippen molar-refractivity contribution >= 4 is 17.7 Å². The van der Waals surface area contributed by atoms with Crippen LogP contribution in [-0.4, -0.2) is 38.4 Å². The van der Waals surface area contributed by atoms with Gasteiger partial charge in [-0.1, -0.05) is 25.6 Å². The zero-order valence-electron chi connectivity index (χ0n) is 11.6. The van der Waals surface area contributed by atoms with Crippen LogP contribution in [0.3, 0.4) is 0 Å². The molecule has 0 aliphatic heterocycles. The summed E-state index contributed by atoms with van der Waals surface area (Å²) in [6.07, 6.45) is 0. The molecule has 102 valence electrons. The molecule has 0 aliphatic carbocycles. The van der Waals surface area contributed by atoms with Crippen LogP contribution in [0.25, 0.3) is 0 Å². The third kappa shape index (κ3) is 4.64. The number of hydrogen-bond acceptors (Lipinski definition) is 5. The molecule has 0 spiro atoms. The van der Waals surface area contributed by atoms with Gasteiger partial charge in [0.25, 0.3) is 0 Å². The van der Waals surface area contributed by atoms with E-state index in [-0.39, 0.29) is 11.4 Å². The van der Waals surface area contributed by atoms with Gasteiger partial charge >= 0.3 is 0 Å². The fourth-order valence-corrected chi connectivity index (χ4v) is 2.08. The Hall–Kier alpha value is -1.11. The molecule has 18 heavy (non-hydrogen) atoms. The Morgan fingerprint density at radius 3 is 2.67 bits per heavy atom. The number of amides is 1. The summed E-state index contributed by atoms with van der Waals surface area (Å²) in [5.74, 6) is 0.805. The highest BCUT2D eigenvalue weighted by Gasteiger charge is 2.20. The second-order valence-electron chi connectivity index (χ2n) is 5.53. The van der Waals surface area contributed by atoms with Crippen molar-refractivity contribution in [2.75, 3.05) is 12.3 Å². The smallest absolute Gasteiger partial charge is 0.230 e. The molecule has 0 unspecified atom stereocenters. The summed E-state index contributed by atoms with van der Waals surface area (Å²) in [5, 5.41) is 15.1. The summed E-state index contributed by atoms with van der Waals surface area (Å²) in [6.45, 7) is 10.9. The molecule has 1 amide bonds. The number of carbonyl (C=O) groups is 1. The van der Waals surface area contributed by atoms with Gasteiger partial charge in [-0.25, -0.2) is 4.68 Å². The first-order valence-electron chi connectivity index (χ1n) is 5.99. The van der Waals surface area contributed by atoms with Crippen LogP contribution >= 0.6 is 11.8 Å². The second kappa shape index (κ2) is 6.17. The molecule has 0 fully saturated rings. The van der Waals surface area contributed by atoms with Crippen LogP contribution in [0.1, 0.15) is 34.6 Å². The SMILES string of the molecule is CC(C)CNC(=O)CSc1nnnn1C(C)(C)C. The summed E-state index contributed by atoms with van der Waals surface area (Å²) < 4.78 is 1.73. The Kier molecular flexibility index (Phi) is 5.13. The minimum absolute atomic E-state index is 0.0113. The lowest BCUT2D eigenvalue weighted by Crippen LogP contribution is -2.29. The molecule has 1 N–H and O–H groups in total. The summed E-state index contributed by atoms with van der Waals surface area (Å²) in [4.78, 5) is 11.6. The molecule has 0 bridgehead atoms. The highest BCUT2D eigenvalue weighted by molar-refractivity contribution is 7.99. The van der Waals surface area contributed by atoms with Crippen LogP contribution in [0.5, 0.6) is 0 Å². The molecule has 0 saturated heterocycles. The van der Waals surface area contributed by atoms with Gasteiger partial charge in [-0.3, -0.25) is 4.79 Å². The molecule has 0 aromatic carbocycles. The standard InChI is InChI=1S/C11H21N5OS/c1-8(2)6-12-9(17)7-18-10-13-14-15-16(10)11(3,4)5/h8H,6-7H2,1-5H3,(H,12,17). The van der Waals surface area contributed by atoms with Crippen LogP contribution in [0.2, 0.25) is 0 Å². The molecule has 6 nitrogen and oxygen atoms in total. The van der Waals surface area contributed by atoms with E-state index in [1.165, 1.54) is 11.8 Å². The highest BCUT2D eigenvalue weighted by Crippen LogP contribution is 2.20. The van der Waals surface area contributed by atoms with Gasteiger partial charge in [0.2, 0.25) is 11.1 Å². The monoisotopic (exact) mass is 271 g/mol. The molecule has 0 aliphatic rings. The minimum Gasteiger partial charge on any atom is -0.355 e. The third-order valence-electron chi connectivity index (χ3n) is 2.12. The van der Waals surface area contributed by atoms with Crippen LogP contribution < -0.4 is 5.32 Å². The van der Waals surface area contributed by atoms with Gasteiger partial charge in [-0.05, 0) is 37.1 Å². The Morgan fingerprint density at radius 1 is 1.44 bits per heavy atom. The number of nitrogens with one attached hydrogen (secondary N) is 1. The molecule has 7 heteroatoms. The summed E-state index contributed by atoms with van der Waals surface area (Å²) in [7, 11) is 0. The lowest BCUT2D eigenvalue weighted by atomic mass is 10.1. The van der Waals surface area contributed by atoms with E-state index in [2.05, 4.69) is 34.7 Å². The molecular formula is C11H21N5OS. The van der Waals surface area contributed by atoms with Crippen molar-refractivity contribution in [3.05, 3.63) is 0 Å². The molecule has 0 radical (unpaired) electrons. The van der Waals surface area contributed by atoms with E-state index in [4.69, 9.17) is 0 Å². The Balaban J connectivity index is 2.49. The Bertz CT molecular complexity index is 396. The van der Waals surface area contributed by atoms with E-state index in [1.54, 1.807) is 4.68 Å². The van der Waals surface area contributed by atoms with E-state index >= 15 is 0 Å². The van der Waals surface area contributed by atoms with Crippen LogP contribution in [0.15, 0.2) is 5.16 Å². The number of tetrazole rings is 1. The molecule has 1 aromatic heterocycles. The van der Waals surface area contributed by atoms with Crippen molar-refractivity contribution in [3.63, 3.8) is 0 Å². The van der Waals surface area contributed by atoms with Gasteiger partial charge in [0.1, 0.15) is 0 Å². The van der Waals surface area contributed by atoms with E-state index in [9.17, 15) is 4.79 Å². The van der Waals surface area contributed by atoms with Gasteiger partial charge in [0.05, 0.1) is 11.3 Å². The number of hydrogen-bond donors (Lipinski definition) is 1. The average Bonchev–Trinajstić information content (AvgIpc) is 2.71. The van der Waals surface area contributed by atoms with E-state index < -0.39 is 0 Å². The molecule has 1 heterocycles. The number of thioether (sulfide) groups is 1. The first kappa shape index (κ1) is 14.9. The lowest BCUT2D eigenvalue weighted by molar-refractivity contribution is -0.118. The molecule has 1 rings (SSSR count). The van der Waals surface area contributed by atoms with E-state index in [0.717, 1.165) is 0 Å². The topological polar surface area (TPSA) is 72.7 Å². The predicted octanol–water partition coefficient (Wildman–Crippen LogP) is 1.29. The maximum Gasteiger partial charge on any atom is 0.230 e. The van der Waals surface area contributed by atoms with Crippen molar-refractivity contribution in [2.45, 2.75) is 45.3 Å². The minimum atomic E-state index is -0.180. The third-order valence-corrected chi connectivity index (χ3v) is 3.04. The van der Waals surface area contributed by atoms with Gasteiger partial charge in [-0.15, -0.1) is 5.10 Å². The van der Waals surface area contributed by atoms with Crippen molar-refractivity contribution in [1.29, 1.82) is 0 Å². The zero-order valence-corrected chi connectivity index (χ0v) is 12.4. The predicted molar refractivity (Wildman–Crippen MR) is 71.4 cm³/mol. The first-order chi connectivity index (χ1) is 8.30. The number of carbonyl (C=O) groups excluding carboxylic acids is 1. The van der Waals surface area contributed by atoms with Gasteiger partial charge < -0.3 is 5.32 Å². The fourth-order valence-electron chi connectivity index (χ4n) is 1.19. The normalized spacial score (nSPS) is 11.9. The average molecular weight is 271 g/mol. The molecule has 1 aromatic rings. The molecular weight excluding hydrogens is 250 g/mol. The number of aromatic nitrogens is 4. The van der Waals surface area contributed by atoms with Gasteiger partial charge in [0.15, 0.2) is 0 Å². The van der Waals surface area contributed by atoms with Crippen LogP contribution in [-0.2, 0) is 10.3 Å². The lowest BCUT2D eigenvalue weighted by Gasteiger charge is -2.19. The molecule has 0 atom stereocenters. The largest absolute Gasteiger partial charge is 0.355 e. The van der Waals surface area contributed by atoms with Crippen molar-refractivity contribution in [3.8, 4) is 0 Å². The summed E-state index contributed by atoms with van der Waals surface area (Å²) >= 11 is 1.36. The highest BCUT2D eigenvalue weighted by atomic mass is 32.2. The van der Waals surface area contributed by atoms with Crippen molar-refractivity contribution < 1.29 is 4.79 Å². The number of rotatable bonds is 5. The fraction of sp³-hybridized carbons (Fsp3) is 0.818. The summed E-state index contributed by atoms with van der Waals surface area (Å²) in [5.41, 5.74) is -0.180. The molecule has 0 saturated carbocycles. The van der Waals surface area contributed by atoms with E-state index in [1.807, 2.05) is 20.8 Å². The van der Waals surface area contributed by atoms with Gasteiger partial charge in [-0.2, -0.15) is 0 Å². The van der Waals surface area contributed by atoms with E-state index in [0.29, 0.717) is 23.4 Å². The quantitative estimate of drug-likeness (QED) is 0.817. The van der Waals surface area contributed by atoms with Crippen molar-refractivity contribution in [1.82, 2.24) is 25.5 Å². The maximum absolute atomic E-state index is 11.6. The Morgan fingerprint density at radius 2 is 2.11 bits per heavy atom. The second-order valence-corrected chi connectivity index (χ2v) is 6.47. The zero-order chi connectivity index (χ0) is 13.8. The number of nitrogens with zero attached hydrogens (tertiary/aromatic N) is 4.